The van der Waals surface area contributed by atoms with Gasteiger partial charge in [-0.1, -0.05) is 18.2 Å². The van der Waals surface area contributed by atoms with E-state index in [9.17, 15) is 0 Å². The summed E-state index contributed by atoms with van der Waals surface area (Å²) in [6.07, 6.45) is 4.55. The Morgan fingerprint density at radius 1 is 1.59 bits per heavy atom. The molecular formula is C15H20N7+. The minimum atomic E-state index is -0.166. The highest BCUT2D eigenvalue weighted by atomic mass is 15.9. The summed E-state index contributed by atoms with van der Waals surface area (Å²) in [7, 11) is 2.12. The summed E-state index contributed by atoms with van der Waals surface area (Å²) in [5.41, 5.74) is 14.1. The van der Waals surface area contributed by atoms with Crippen LogP contribution in [0.5, 0.6) is 0 Å². The van der Waals surface area contributed by atoms with Gasteiger partial charge >= 0.3 is 5.96 Å². The van der Waals surface area contributed by atoms with Crippen molar-refractivity contribution in [2.45, 2.75) is 19.4 Å². The lowest BCUT2D eigenvalue weighted by Gasteiger charge is -2.16. The number of quaternary nitrogens is 1. The quantitative estimate of drug-likeness (QED) is 0.217. The second-order valence-corrected chi connectivity index (χ2v) is 5.66. The van der Waals surface area contributed by atoms with Crippen molar-refractivity contribution in [1.82, 2.24) is 10.9 Å². The van der Waals surface area contributed by atoms with Gasteiger partial charge in [0, 0.05) is 24.3 Å². The lowest BCUT2D eigenvalue weighted by molar-refractivity contribution is -0.781. The van der Waals surface area contributed by atoms with Gasteiger partial charge in [-0.25, -0.2) is 5.43 Å². The van der Waals surface area contributed by atoms with Gasteiger partial charge in [-0.15, -0.1) is 4.59 Å². The number of fused-ring (bicyclic) bond motifs is 1. The van der Waals surface area contributed by atoms with Crippen LogP contribution in [0.2, 0.25) is 0 Å². The molecule has 2 atom stereocenters. The van der Waals surface area contributed by atoms with E-state index < -0.39 is 0 Å². The summed E-state index contributed by atoms with van der Waals surface area (Å²) in [6, 6.07) is 8.60. The van der Waals surface area contributed by atoms with E-state index in [4.69, 9.17) is 11.1 Å². The second kappa shape index (κ2) is 5.27. The maximum Gasteiger partial charge on any atom is 0.373 e. The van der Waals surface area contributed by atoms with E-state index in [1.807, 2.05) is 12.1 Å². The lowest BCUT2D eigenvalue weighted by atomic mass is 10.0. The number of nitrogens with two attached hydrogens (primary N) is 1. The van der Waals surface area contributed by atoms with Gasteiger partial charge < -0.3 is 5.73 Å². The maximum atomic E-state index is 7.03. The summed E-state index contributed by atoms with van der Waals surface area (Å²) < 4.78 is 0.715. The number of nitrogens with zero attached hydrogens (tertiary/aromatic N) is 3. The number of likely N-dealkylation sites (N-methyl/N-ethyl adjacent to an activating group) is 1. The van der Waals surface area contributed by atoms with Crippen molar-refractivity contribution in [3.8, 4) is 0 Å². The fraction of sp³-hybridized carbons (Fsp3) is 0.267. The second-order valence-electron chi connectivity index (χ2n) is 5.66. The molecule has 22 heavy (non-hydrogen) atoms. The van der Waals surface area contributed by atoms with Crippen molar-refractivity contribution >= 4 is 23.8 Å². The Morgan fingerprint density at radius 3 is 3.14 bits per heavy atom. The Morgan fingerprint density at radius 2 is 2.41 bits per heavy atom. The van der Waals surface area contributed by atoms with Crippen LogP contribution in [-0.4, -0.2) is 35.8 Å². The average Bonchev–Trinajstić information content (AvgIpc) is 3.16. The van der Waals surface area contributed by atoms with Gasteiger partial charge in [0.1, 0.15) is 6.04 Å². The van der Waals surface area contributed by atoms with E-state index in [0.717, 1.165) is 22.8 Å². The predicted octanol–water partition coefficient (Wildman–Crippen LogP) is 0.762. The van der Waals surface area contributed by atoms with Gasteiger partial charge in [0.2, 0.25) is 5.96 Å². The molecule has 0 amide bonds. The molecule has 114 valence electrons. The summed E-state index contributed by atoms with van der Waals surface area (Å²) in [4.78, 5) is 4.66. The van der Waals surface area contributed by atoms with Crippen LogP contribution < -0.4 is 16.6 Å². The Labute approximate surface area is 129 Å². The van der Waals surface area contributed by atoms with Crippen LogP contribution in [0.15, 0.2) is 40.4 Å². The topological polar surface area (TPSA) is 109 Å². The first kappa shape index (κ1) is 14.3. The van der Waals surface area contributed by atoms with Crippen LogP contribution in [0.1, 0.15) is 18.1 Å². The van der Waals surface area contributed by atoms with Crippen molar-refractivity contribution in [2.24, 2.45) is 15.8 Å². The monoisotopic (exact) mass is 298 g/mol. The SMILES string of the molecule is CC1C=C(c2cccc(CC=NNC(=N)N)c2)N=C2N[N+]21C. The number of guanidine groups is 2. The molecule has 0 aromatic heterocycles. The molecule has 1 fully saturated rings. The van der Waals surface area contributed by atoms with E-state index in [2.05, 4.69) is 53.1 Å². The van der Waals surface area contributed by atoms with Crippen LogP contribution in [0, 0.1) is 5.41 Å². The third-order valence-electron chi connectivity index (χ3n) is 3.99. The number of hydrogen-bond donors (Lipinski definition) is 4. The van der Waals surface area contributed by atoms with Gasteiger partial charge in [0.25, 0.3) is 0 Å². The van der Waals surface area contributed by atoms with Gasteiger partial charge in [-0.05, 0) is 18.6 Å². The molecule has 1 aromatic rings. The molecule has 2 aliphatic rings. The van der Waals surface area contributed by atoms with Crippen molar-refractivity contribution < 1.29 is 4.59 Å². The van der Waals surface area contributed by atoms with Crippen molar-refractivity contribution in [1.29, 1.82) is 5.41 Å². The Balaban J connectivity index is 1.74. The highest BCUT2D eigenvalue weighted by Gasteiger charge is 2.54. The molecule has 7 heteroatoms. The zero-order chi connectivity index (χ0) is 15.7. The molecule has 7 nitrogen and oxygen atoms in total. The highest BCUT2D eigenvalue weighted by Crippen LogP contribution is 2.31. The number of hydrazone groups is 1. The number of nitrogens with one attached hydrogen (secondary N) is 3. The molecular weight excluding hydrogens is 278 g/mol. The summed E-state index contributed by atoms with van der Waals surface area (Å²) in [5.74, 6) is 0.850. The fourth-order valence-corrected chi connectivity index (χ4v) is 2.42. The molecule has 2 aliphatic heterocycles. The Hall–Kier alpha value is -2.67. The number of hydrogen-bond acceptors (Lipinski definition) is 4. The van der Waals surface area contributed by atoms with E-state index in [1.165, 1.54) is 0 Å². The number of aliphatic imine (C=N–C) groups is 1. The average molecular weight is 298 g/mol. The minimum absolute atomic E-state index is 0.166. The smallest absolute Gasteiger partial charge is 0.369 e. The van der Waals surface area contributed by atoms with Gasteiger partial charge in [0.15, 0.2) is 0 Å². The normalized spacial score (nSPS) is 25.8. The zero-order valence-corrected chi connectivity index (χ0v) is 12.7. The molecule has 0 radical (unpaired) electrons. The fourth-order valence-electron chi connectivity index (χ4n) is 2.42. The molecule has 0 spiro atoms. The van der Waals surface area contributed by atoms with Gasteiger partial charge in [-0.3, -0.25) is 5.41 Å². The molecule has 2 heterocycles. The molecule has 0 saturated carbocycles. The van der Waals surface area contributed by atoms with Crippen LogP contribution in [0.3, 0.4) is 0 Å². The van der Waals surface area contributed by atoms with Gasteiger partial charge in [0.05, 0.1) is 12.7 Å². The standard InChI is InChI=1S/C15H20N7/c1-10-8-13(19-15-21-22(10,15)2)12-5-3-4-11(9-12)6-7-18-20-14(16)17/h3-5,7-10H,6H2,1-2H3,(H,19,21)(H4,16,17,20)/q+1. The molecule has 1 saturated heterocycles. The van der Waals surface area contributed by atoms with Crippen LogP contribution >= 0.6 is 0 Å². The van der Waals surface area contributed by atoms with E-state index in [1.54, 1.807) is 6.21 Å². The first-order valence-corrected chi connectivity index (χ1v) is 7.15. The third kappa shape index (κ3) is 2.71. The largest absolute Gasteiger partial charge is 0.373 e. The molecule has 3 rings (SSSR count). The molecule has 0 bridgehead atoms. The minimum Gasteiger partial charge on any atom is -0.369 e. The molecule has 5 N–H and O–H groups in total. The van der Waals surface area contributed by atoms with E-state index >= 15 is 0 Å². The Bertz CT molecular complexity index is 704. The van der Waals surface area contributed by atoms with E-state index in [0.29, 0.717) is 17.1 Å². The van der Waals surface area contributed by atoms with Crippen LogP contribution in [-0.2, 0) is 6.42 Å². The zero-order valence-electron chi connectivity index (χ0n) is 12.7. The first-order chi connectivity index (χ1) is 10.5. The van der Waals surface area contributed by atoms with Crippen LogP contribution in [0.4, 0.5) is 0 Å². The van der Waals surface area contributed by atoms with Crippen molar-refractivity contribution in [2.75, 3.05) is 7.05 Å². The number of rotatable bonds is 4. The van der Waals surface area contributed by atoms with Gasteiger partial charge in [-0.2, -0.15) is 15.5 Å². The van der Waals surface area contributed by atoms with Crippen molar-refractivity contribution in [3.63, 3.8) is 0 Å². The predicted molar refractivity (Wildman–Crippen MR) is 87.9 cm³/mol. The summed E-state index contributed by atoms with van der Waals surface area (Å²) >= 11 is 0. The highest BCUT2D eigenvalue weighted by molar-refractivity contribution is 5.89. The lowest BCUT2D eigenvalue weighted by Crippen LogP contribution is -2.35. The molecule has 1 aromatic carbocycles. The Kier molecular flexibility index (Phi) is 3.42. The molecule has 2 unspecified atom stereocenters. The third-order valence-corrected chi connectivity index (χ3v) is 3.99. The summed E-state index contributed by atoms with van der Waals surface area (Å²) in [5, 5.41) is 10.9. The summed E-state index contributed by atoms with van der Waals surface area (Å²) in [6.45, 7) is 2.18. The first-order valence-electron chi connectivity index (χ1n) is 7.15. The van der Waals surface area contributed by atoms with Crippen molar-refractivity contribution in [3.05, 3.63) is 41.5 Å². The van der Waals surface area contributed by atoms with Crippen LogP contribution in [0.25, 0.3) is 5.70 Å². The maximum absolute atomic E-state index is 7.03. The number of benzene rings is 1. The molecule has 0 aliphatic carbocycles. The van der Waals surface area contributed by atoms with E-state index in [-0.39, 0.29) is 5.96 Å².